The Morgan fingerprint density at radius 2 is 1.74 bits per heavy atom. The van der Waals surface area contributed by atoms with E-state index in [9.17, 15) is 4.79 Å². The molecule has 0 fully saturated rings. The molecule has 1 amide bonds. The van der Waals surface area contributed by atoms with Gasteiger partial charge in [0.15, 0.2) is 0 Å². The van der Waals surface area contributed by atoms with E-state index in [0.29, 0.717) is 22.6 Å². The van der Waals surface area contributed by atoms with Gasteiger partial charge in [0.1, 0.15) is 5.75 Å². The Kier molecular flexibility index (Phi) is 3.79. The minimum atomic E-state index is -0.202. The number of rotatable bonds is 3. The van der Waals surface area contributed by atoms with Gasteiger partial charge in [-0.25, -0.2) is 0 Å². The maximum atomic E-state index is 12.0. The van der Waals surface area contributed by atoms with Crippen LogP contribution in [-0.4, -0.2) is 13.0 Å². The quantitative estimate of drug-likeness (QED) is 0.913. The first kappa shape index (κ1) is 12.7. The largest absolute Gasteiger partial charge is 0.497 e. The average Bonchev–Trinajstić information content (AvgIpc) is 2.48. The lowest BCUT2D eigenvalue weighted by Gasteiger charge is -2.06. The highest BCUT2D eigenvalue weighted by atomic mass is 16.5. The van der Waals surface area contributed by atoms with Crippen LogP contribution in [0.2, 0.25) is 0 Å². The van der Waals surface area contributed by atoms with Crippen molar-refractivity contribution in [1.29, 1.82) is 5.26 Å². The summed E-state index contributed by atoms with van der Waals surface area (Å²) in [7, 11) is 1.58. The van der Waals surface area contributed by atoms with Crippen LogP contribution in [0, 0.1) is 11.3 Å². The van der Waals surface area contributed by atoms with E-state index in [1.165, 1.54) is 0 Å². The summed E-state index contributed by atoms with van der Waals surface area (Å²) in [5.41, 5.74) is 1.76. The Hall–Kier alpha value is -2.80. The van der Waals surface area contributed by atoms with Gasteiger partial charge >= 0.3 is 0 Å². The third-order valence-corrected chi connectivity index (χ3v) is 2.62. The zero-order valence-corrected chi connectivity index (χ0v) is 10.4. The third kappa shape index (κ3) is 3.11. The molecular formula is C15H12N2O2. The second-order valence-corrected chi connectivity index (χ2v) is 3.87. The van der Waals surface area contributed by atoms with Crippen molar-refractivity contribution in [2.75, 3.05) is 12.4 Å². The van der Waals surface area contributed by atoms with Crippen molar-refractivity contribution in [3.8, 4) is 11.8 Å². The Labute approximate surface area is 111 Å². The van der Waals surface area contributed by atoms with E-state index in [1.54, 1.807) is 55.6 Å². The number of anilines is 1. The number of carbonyl (C=O) groups is 1. The summed E-state index contributed by atoms with van der Waals surface area (Å²) >= 11 is 0. The monoisotopic (exact) mass is 252 g/mol. The summed E-state index contributed by atoms with van der Waals surface area (Å²) in [5.74, 6) is 0.502. The molecule has 0 saturated carbocycles. The first-order valence-corrected chi connectivity index (χ1v) is 5.68. The summed E-state index contributed by atoms with van der Waals surface area (Å²) in [5, 5.41) is 11.4. The molecule has 0 spiro atoms. The zero-order valence-electron chi connectivity index (χ0n) is 10.4. The number of benzene rings is 2. The summed E-state index contributed by atoms with van der Waals surface area (Å²) in [6, 6.07) is 15.6. The molecule has 4 heteroatoms. The van der Waals surface area contributed by atoms with Crippen molar-refractivity contribution in [2.45, 2.75) is 0 Å². The van der Waals surface area contributed by atoms with Crippen LogP contribution in [0.1, 0.15) is 15.9 Å². The van der Waals surface area contributed by atoms with Crippen LogP contribution in [0.15, 0.2) is 48.5 Å². The van der Waals surface area contributed by atoms with Gasteiger partial charge in [0.2, 0.25) is 0 Å². The number of amides is 1. The molecule has 0 unspecified atom stereocenters. The molecule has 0 bridgehead atoms. The molecule has 0 aliphatic carbocycles. The molecule has 0 aliphatic heterocycles. The third-order valence-electron chi connectivity index (χ3n) is 2.62. The SMILES string of the molecule is COc1ccc(C(=O)Nc2ccc(C#N)cc2)cc1. The van der Waals surface area contributed by atoms with Crippen LogP contribution in [0.25, 0.3) is 0 Å². The van der Waals surface area contributed by atoms with E-state index in [2.05, 4.69) is 5.32 Å². The summed E-state index contributed by atoms with van der Waals surface area (Å²) in [6.45, 7) is 0. The van der Waals surface area contributed by atoms with E-state index >= 15 is 0 Å². The van der Waals surface area contributed by atoms with Gasteiger partial charge in [-0.05, 0) is 48.5 Å². The summed E-state index contributed by atoms with van der Waals surface area (Å²) in [4.78, 5) is 12.0. The molecule has 2 rings (SSSR count). The molecule has 2 aromatic carbocycles. The van der Waals surface area contributed by atoms with Crippen molar-refractivity contribution >= 4 is 11.6 Å². The van der Waals surface area contributed by atoms with Gasteiger partial charge in [-0.3, -0.25) is 4.79 Å². The second-order valence-electron chi connectivity index (χ2n) is 3.87. The first-order valence-electron chi connectivity index (χ1n) is 5.68. The highest BCUT2D eigenvalue weighted by Gasteiger charge is 2.06. The molecular weight excluding hydrogens is 240 g/mol. The zero-order chi connectivity index (χ0) is 13.7. The lowest BCUT2D eigenvalue weighted by molar-refractivity contribution is 0.102. The van der Waals surface area contributed by atoms with Gasteiger partial charge in [0, 0.05) is 11.3 Å². The number of nitrogens with one attached hydrogen (secondary N) is 1. The first-order chi connectivity index (χ1) is 9.22. The van der Waals surface area contributed by atoms with E-state index in [-0.39, 0.29) is 5.91 Å². The number of carbonyl (C=O) groups excluding carboxylic acids is 1. The number of nitrogens with zero attached hydrogens (tertiary/aromatic N) is 1. The van der Waals surface area contributed by atoms with Crippen LogP contribution in [0.5, 0.6) is 5.75 Å². The molecule has 0 saturated heterocycles. The van der Waals surface area contributed by atoms with E-state index in [1.807, 2.05) is 6.07 Å². The Morgan fingerprint density at radius 1 is 1.11 bits per heavy atom. The van der Waals surface area contributed by atoms with E-state index in [0.717, 1.165) is 0 Å². The van der Waals surface area contributed by atoms with Crippen LogP contribution in [-0.2, 0) is 0 Å². The van der Waals surface area contributed by atoms with Gasteiger partial charge in [0.25, 0.3) is 5.91 Å². The Morgan fingerprint density at radius 3 is 2.26 bits per heavy atom. The van der Waals surface area contributed by atoms with Crippen molar-refractivity contribution in [1.82, 2.24) is 0 Å². The van der Waals surface area contributed by atoms with Crippen molar-refractivity contribution in [3.05, 3.63) is 59.7 Å². The molecule has 1 N–H and O–H groups in total. The fourth-order valence-corrected chi connectivity index (χ4v) is 1.57. The minimum absolute atomic E-state index is 0.202. The molecule has 0 radical (unpaired) electrons. The van der Waals surface area contributed by atoms with Gasteiger partial charge in [-0.2, -0.15) is 5.26 Å². The van der Waals surface area contributed by atoms with Gasteiger partial charge in [0.05, 0.1) is 18.7 Å². The maximum Gasteiger partial charge on any atom is 0.255 e. The summed E-state index contributed by atoms with van der Waals surface area (Å²) < 4.78 is 5.03. The predicted octanol–water partition coefficient (Wildman–Crippen LogP) is 2.82. The number of methoxy groups -OCH3 is 1. The van der Waals surface area contributed by atoms with Crippen molar-refractivity contribution < 1.29 is 9.53 Å². The van der Waals surface area contributed by atoms with E-state index < -0.39 is 0 Å². The van der Waals surface area contributed by atoms with Crippen LogP contribution in [0.4, 0.5) is 5.69 Å². The molecule has 94 valence electrons. The number of nitriles is 1. The molecule has 0 aliphatic rings. The number of ether oxygens (including phenoxy) is 1. The van der Waals surface area contributed by atoms with Gasteiger partial charge in [-0.1, -0.05) is 0 Å². The van der Waals surface area contributed by atoms with Gasteiger partial charge < -0.3 is 10.1 Å². The molecule has 0 aromatic heterocycles. The molecule has 19 heavy (non-hydrogen) atoms. The van der Waals surface area contributed by atoms with E-state index in [4.69, 9.17) is 10.00 Å². The summed E-state index contributed by atoms with van der Waals surface area (Å²) in [6.07, 6.45) is 0. The smallest absolute Gasteiger partial charge is 0.255 e. The Bertz CT molecular complexity index is 610. The van der Waals surface area contributed by atoms with Crippen molar-refractivity contribution in [2.24, 2.45) is 0 Å². The highest BCUT2D eigenvalue weighted by molar-refractivity contribution is 6.04. The highest BCUT2D eigenvalue weighted by Crippen LogP contribution is 2.14. The molecule has 4 nitrogen and oxygen atoms in total. The second kappa shape index (κ2) is 5.69. The average molecular weight is 252 g/mol. The standard InChI is InChI=1S/C15H12N2O2/c1-19-14-8-4-12(5-9-14)15(18)17-13-6-2-11(10-16)3-7-13/h2-9H,1H3,(H,17,18). The van der Waals surface area contributed by atoms with Crippen LogP contribution < -0.4 is 10.1 Å². The maximum absolute atomic E-state index is 12.0. The lowest BCUT2D eigenvalue weighted by atomic mass is 10.2. The van der Waals surface area contributed by atoms with Crippen molar-refractivity contribution in [3.63, 3.8) is 0 Å². The number of hydrogen-bond donors (Lipinski definition) is 1. The lowest BCUT2D eigenvalue weighted by Crippen LogP contribution is -2.11. The molecule has 2 aromatic rings. The minimum Gasteiger partial charge on any atom is -0.497 e. The predicted molar refractivity (Wildman–Crippen MR) is 72.1 cm³/mol. The van der Waals surface area contributed by atoms with Crippen LogP contribution in [0.3, 0.4) is 0 Å². The van der Waals surface area contributed by atoms with Gasteiger partial charge in [-0.15, -0.1) is 0 Å². The topological polar surface area (TPSA) is 62.1 Å². The normalized spacial score (nSPS) is 9.47. The fraction of sp³-hybridized carbons (Fsp3) is 0.0667. The molecule has 0 heterocycles. The Balaban J connectivity index is 2.09. The molecule has 0 atom stereocenters. The fourth-order valence-electron chi connectivity index (χ4n) is 1.57. The number of hydrogen-bond acceptors (Lipinski definition) is 3. The van der Waals surface area contributed by atoms with Crippen LogP contribution >= 0.6 is 0 Å².